The lowest BCUT2D eigenvalue weighted by Gasteiger charge is -2.18. The van der Waals surface area contributed by atoms with E-state index >= 15 is 0 Å². The number of carbonyl (C=O) groups excluding carboxylic acids is 1. The summed E-state index contributed by atoms with van der Waals surface area (Å²) in [4.78, 5) is 24.5. The van der Waals surface area contributed by atoms with Crippen LogP contribution in [-0.2, 0) is 0 Å². The van der Waals surface area contributed by atoms with Crippen molar-refractivity contribution >= 4 is 29.0 Å². The predicted octanol–water partition coefficient (Wildman–Crippen LogP) is 5.28. The molecule has 0 radical (unpaired) electrons. The van der Waals surface area contributed by atoms with Crippen LogP contribution in [0.15, 0.2) is 59.0 Å². The van der Waals surface area contributed by atoms with Crippen LogP contribution in [0.3, 0.4) is 0 Å². The minimum Gasteiger partial charge on any atom is -0.478 e. The van der Waals surface area contributed by atoms with Gasteiger partial charge in [0.25, 0.3) is 0 Å². The lowest BCUT2D eigenvalue weighted by molar-refractivity contribution is 0.0694. The quantitative estimate of drug-likeness (QED) is 0.566. The van der Waals surface area contributed by atoms with Crippen molar-refractivity contribution in [3.05, 3.63) is 87.8 Å². The van der Waals surface area contributed by atoms with Crippen molar-refractivity contribution in [2.75, 3.05) is 5.32 Å². The third kappa shape index (κ3) is 4.04. The van der Waals surface area contributed by atoms with Crippen molar-refractivity contribution in [1.29, 1.82) is 0 Å². The Morgan fingerprint density at radius 3 is 2.37 bits per heavy atom. The fraction of sp³-hybridized carbons (Fsp3) is 0.143. The largest absolute Gasteiger partial charge is 0.478 e. The molecule has 27 heavy (non-hydrogen) atoms. The molecular weight excluding hydrogens is 366 g/mol. The van der Waals surface area contributed by atoms with Gasteiger partial charge in [-0.1, -0.05) is 41.9 Å². The number of hydrogen-bond donors (Lipinski definition) is 2. The van der Waals surface area contributed by atoms with Crippen molar-refractivity contribution in [1.82, 2.24) is 0 Å². The molecule has 1 heterocycles. The van der Waals surface area contributed by atoms with E-state index in [-0.39, 0.29) is 22.9 Å². The molecule has 2 aromatic carbocycles. The number of benzene rings is 2. The Hall–Kier alpha value is -3.05. The summed E-state index contributed by atoms with van der Waals surface area (Å²) in [6, 6.07) is 14.6. The number of carbonyl (C=O) groups is 2. The van der Waals surface area contributed by atoms with E-state index in [0.717, 1.165) is 5.56 Å². The van der Waals surface area contributed by atoms with E-state index in [4.69, 9.17) is 16.0 Å². The smallest absolute Gasteiger partial charge is 0.339 e. The molecule has 1 atom stereocenters. The maximum absolute atomic E-state index is 13.1. The van der Waals surface area contributed by atoms with Crippen LogP contribution in [0.2, 0.25) is 5.02 Å². The van der Waals surface area contributed by atoms with Gasteiger partial charge in [0, 0.05) is 16.3 Å². The summed E-state index contributed by atoms with van der Waals surface area (Å²) < 4.78 is 5.63. The normalized spacial score (nSPS) is 11.8. The second kappa shape index (κ2) is 7.68. The van der Waals surface area contributed by atoms with Gasteiger partial charge >= 0.3 is 5.97 Å². The molecule has 1 unspecified atom stereocenters. The fourth-order valence-corrected chi connectivity index (χ4v) is 3.07. The molecule has 0 aliphatic carbocycles. The second-order valence-corrected chi connectivity index (χ2v) is 6.63. The maximum Gasteiger partial charge on any atom is 0.339 e. The highest BCUT2D eigenvalue weighted by Crippen LogP contribution is 2.30. The lowest BCUT2D eigenvalue weighted by atomic mass is 10.0. The van der Waals surface area contributed by atoms with Crippen LogP contribution < -0.4 is 5.32 Å². The van der Waals surface area contributed by atoms with Crippen LogP contribution in [0.5, 0.6) is 0 Å². The average Bonchev–Trinajstić information content (AvgIpc) is 3.03. The average molecular weight is 384 g/mol. The van der Waals surface area contributed by atoms with Crippen molar-refractivity contribution in [2.45, 2.75) is 19.9 Å². The summed E-state index contributed by atoms with van der Waals surface area (Å²) in [6.07, 6.45) is 0. The highest BCUT2D eigenvalue weighted by Gasteiger charge is 2.28. The number of furan rings is 1. The number of Topliss-reactive ketones (excluding diaryl/α,β-unsaturated/α-hetero) is 1. The Kier molecular flexibility index (Phi) is 5.33. The van der Waals surface area contributed by atoms with Crippen molar-refractivity contribution in [3.63, 3.8) is 0 Å². The molecule has 0 amide bonds. The molecule has 0 bridgehead atoms. The molecule has 0 aliphatic heterocycles. The van der Waals surface area contributed by atoms with Gasteiger partial charge in [-0.2, -0.15) is 0 Å². The number of anilines is 1. The Balaban J connectivity index is 2.04. The number of aromatic carboxylic acids is 1. The summed E-state index contributed by atoms with van der Waals surface area (Å²) in [5, 5.41) is 13.1. The number of ketones is 1. The molecule has 3 rings (SSSR count). The third-order valence-electron chi connectivity index (χ3n) is 4.26. The van der Waals surface area contributed by atoms with Crippen molar-refractivity contribution in [3.8, 4) is 0 Å². The van der Waals surface area contributed by atoms with Crippen LogP contribution >= 0.6 is 11.6 Å². The van der Waals surface area contributed by atoms with Gasteiger partial charge in [-0.15, -0.1) is 0 Å². The van der Waals surface area contributed by atoms with Gasteiger partial charge in [-0.05, 0) is 43.7 Å². The first kappa shape index (κ1) is 18.7. The zero-order chi connectivity index (χ0) is 19.6. The molecule has 2 N–H and O–H groups in total. The number of hydrogen-bond acceptors (Lipinski definition) is 4. The Morgan fingerprint density at radius 1 is 1.07 bits per heavy atom. The predicted molar refractivity (Wildman–Crippen MR) is 104 cm³/mol. The number of carboxylic acid groups (broad SMARTS) is 1. The summed E-state index contributed by atoms with van der Waals surface area (Å²) in [6.45, 7) is 3.43. The summed E-state index contributed by atoms with van der Waals surface area (Å²) >= 11 is 6.01. The highest BCUT2D eigenvalue weighted by molar-refractivity contribution is 6.30. The van der Waals surface area contributed by atoms with E-state index in [1.807, 2.05) is 13.0 Å². The zero-order valence-corrected chi connectivity index (χ0v) is 15.6. The molecule has 3 aromatic rings. The minimum absolute atomic E-state index is 0.0329. The van der Waals surface area contributed by atoms with Crippen LogP contribution in [0.1, 0.15) is 43.8 Å². The first-order valence-electron chi connectivity index (χ1n) is 8.32. The monoisotopic (exact) mass is 383 g/mol. The fourth-order valence-electron chi connectivity index (χ4n) is 2.84. The number of halogens is 1. The Morgan fingerprint density at radius 2 is 1.78 bits per heavy atom. The first-order chi connectivity index (χ1) is 12.9. The van der Waals surface area contributed by atoms with Gasteiger partial charge in [-0.25, -0.2) is 4.79 Å². The standard InChI is InChI=1S/C21H18ClNO4/c1-12-10-15(22)8-9-17(12)23-19(20(24)14-6-4-3-5-7-14)18-11-16(21(25)26)13(2)27-18/h3-11,19,23H,1-2H3,(H,25,26). The molecule has 138 valence electrons. The molecular formula is C21H18ClNO4. The van der Waals surface area contributed by atoms with Gasteiger partial charge < -0.3 is 14.8 Å². The zero-order valence-electron chi connectivity index (χ0n) is 14.8. The number of aryl methyl sites for hydroxylation is 2. The first-order valence-corrected chi connectivity index (χ1v) is 8.70. The van der Waals surface area contributed by atoms with E-state index < -0.39 is 12.0 Å². The van der Waals surface area contributed by atoms with Crippen molar-refractivity contribution in [2.24, 2.45) is 0 Å². The number of nitrogens with one attached hydrogen (secondary N) is 1. The maximum atomic E-state index is 13.1. The van der Waals surface area contributed by atoms with Crippen LogP contribution in [0, 0.1) is 13.8 Å². The van der Waals surface area contributed by atoms with Crippen LogP contribution in [0.4, 0.5) is 5.69 Å². The molecule has 0 saturated heterocycles. The van der Waals surface area contributed by atoms with Crippen molar-refractivity contribution < 1.29 is 19.1 Å². The van der Waals surface area contributed by atoms with Gasteiger partial charge in [0.15, 0.2) is 5.78 Å². The van der Waals surface area contributed by atoms with E-state index in [2.05, 4.69) is 5.32 Å². The van der Waals surface area contributed by atoms with Gasteiger partial charge in [-0.3, -0.25) is 4.79 Å². The van der Waals surface area contributed by atoms with E-state index in [9.17, 15) is 14.7 Å². The molecule has 0 spiro atoms. The molecule has 6 heteroatoms. The molecule has 0 fully saturated rings. The van der Waals surface area contributed by atoms with Crippen LogP contribution in [0.25, 0.3) is 0 Å². The molecule has 0 aliphatic rings. The van der Waals surface area contributed by atoms with E-state index in [1.54, 1.807) is 49.4 Å². The SMILES string of the molecule is Cc1cc(Cl)ccc1NC(C(=O)c1ccccc1)c1cc(C(=O)O)c(C)o1. The minimum atomic E-state index is -1.10. The summed E-state index contributed by atoms with van der Waals surface area (Å²) in [5.74, 6) is -0.835. The van der Waals surface area contributed by atoms with Gasteiger partial charge in [0.2, 0.25) is 0 Å². The van der Waals surface area contributed by atoms with Crippen LogP contribution in [-0.4, -0.2) is 16.9 Å². The number of rotatable bonds is 6. The molecule has 1 aromatic heterocycles. The summed E-state index contributed by atoms with van der Waals surface area (Å²) in [5.41, 5.74) is 2.09. The highest BCUT2D eigenvalue weighted by atomic mass is 35.5. The number of carboxylic acids is 1. The van der Waals surface area contributed by atoms with Gasteiger partial charge in [0.1, 0.15) is 23.1 Å². The third-order valence-corrected chi connectivity index (χ3v) is 4.50. The van der Waals surface area contributed by atoms with E-state index in [1.165, 1.54) is 6.07 Å². The second-order valence-electron chi connectivity index (χ2n) is 6.19. The Bertz CT molecular complexity index is 995. The molecule has 5 nitrogen and oxygen atoms in total. The topological polar surface area (TPSA) is 79.5 Å². The molecule has 0 saturated carbocycles. The lowest BCUT2D eigenvalue weighted by Crippen LogP contribution is -2.21. The van der Waals surface area contributed by atoms with Gasteiger partial charge in [0.05, 0.1) is 0 Å². The van der Waals surface area contributed by atoms with E-state index in [0.29, 0.717) is 16.3 Å². The summed E-state index contributed by atoms with van der Waals surface area (Å²) in [7, 11) is 0. The Labute approximate surface area is 161 Å².